The second kappa shape index (κ2) is 9.75. The van der Waals surface area contributed by atoms with E-state index in [0.717, 1.165) is 22.4 Å². The summed E-state index contributed by atoms with van der Waals surface area (Å²) in [6.45, 7) is 2.32. The molecule has 0 aliphatic carbocycles. The number of benzene rings is 2. The molecule has 0 aliphatic heterocycles. The second-order valence-corrected chi connectivity index (χ2v) is 7.30. The van der Waals surface area contributed by atoms with E-state index in [2.05, 4.69) is 4.98 Å². The minimum Gasteiger partial charge on any atom is -0.489 e. The third kappa shape index (κ3) is 5.49. The maximum atomic E-state index is 12.2. The summed E-state index contributed by atoms with van der Waals surface area (Å²) >= 11 is 0. The Morgan fingerprint density at radius 1 is 1.00 bits per heavy atom. The van der Waals surface area contributed by atoms with Crippen molar-refractivity contribution in [3.8, 4) is 5.75 Å². The van der Waals surface area contributed by atoms with Gasteiger partial charge in [-0.2, -0.15) is 0 Å². The molecule has 0 amide bonds. The molecule has 4 rings (SSSR count). The van der Waals surface area contributed by atoms with Gasteiger partial charge in [-0.25, -0.2) is 9.78 Å². The van der Waals surface area contributed by atoms with Crippen molar-refractivity contribution in [1.29, 1.82) is 0 Å². The molecule has 2 aromatic heterocycles. The summed E-state index contributed by atoms with van der Waals surface area (Å²) in [7, 11) is 0. The predicted octanol–water partition coefficient (Wildman–Crippen LogP) is 4.34. The van der Waals surface area contributed by atoms with Crippen molar-refractivity contribution in [3.05, 3.63) is 118 Å². The minimum atomic E-state index is -0.514. The van der Waals surface area contributed by atoms with E-state index in [1.165, 1.54) is 16.5 Å². The molecule has 160 valence electrons. The number of ether oxygens (including phenoxy) is 2. The lowest BCUT2D eigenvalue weighted by molar-refractivity contribution is -0.139. The maximum absolute atomic E-state index is 12.2. The van der Waals surface area contributed by atoms with E-state index in [9.17, 15) is 9.59 Å². The van der Waals surface area contributed by atoms with Gasteiger partial charge < -0.3 is 9.47 Å². The van der Waals surface area contributed by atoms with Gasteiger partial charge in [-0.15, -0.1) is 0 Å². The Morgan fingerprint density at radius 2 is 1.78 bits per heavy atom. The Balaban J connectivity index is 1.31. The summed E-state index contributed by atoms with van der Waals surface area (Å²) in [5.41, 5.74) is 3.60. The van der Waals surface area contributed by atoms with Crippen molar-refractivity contribution in [1.82, 2.24) is 9.38 Å². The average molecular weight is 426 g/mol. The van der Waals surface area contributed by atoms with Gasteiger partial charge in [-0.05, 0) is 47.9 Å². The normalized spacial score (nSPS) is 11.0. The summed E-state index contributed by atoms with van der Waals surface area (Å²) in [6, 6.07) is 22.4. The molecule has 32 heavy (non-hydrogen) atoms. The van der Waals surface area contributed by atoms with E-state index >= 15 is 0 Å². The standard InChI is InChI=1S/C26H22N2O4/c1-19-7-13-24-27-22(15-25(29)28(24)16-19)18-32-26(30)14-10-20-8-11-23(12-9-20)31-17-21-5-3-2-4-6-21/h2-16H,17-18H2,1H3/b14-10+. The highest BCUT2D eigenvalue weighted by Crippen LogP contribution is 2.15. The van der Waals surface area contributed by atoms with Crippen LogP contribution in [-0.2, 0) is 22.7 Å². The van der Waals surface area contributed by atoms with Crippen LogP contribution in [0.3, 0.4) is 0 Å². The predicted molar refractivity (Wildman–Crippen MR) is 122 cm³/mol. The highest BCUT2D eigenvalue weighted by Gasteiger charge is 2.05. The number of aromatic nitrogens is 2. The van der Waals surface area contributed by atoms with E-state index in [1.807, 2.05) is 67.6 Å². The summed E-state index contributed by atoms with van der Waals surface area (Å²) < 4.78 is 12.5. The largest absolute Gasteiger partial charge is 0.489 e. The first-order valence-corrected chi connectivity index (χ1v) is 10.2. The number of nitrogens with zero attached hydrogens (tertiary/aromatic N) is 2. The molecule has 0 bridgehead atoms. The molecule has 0 saturated heterocycles. The van der Waals surface area contributed by atoms with Crippen LogP contribution in [0.15, 0.2) is 89.9 Å². The van der Waals surface area contributed by atoms with Gasteiger partial charge in [0.05, 0.1) is 5.69 Å². The molecule has 2 heterocycles. The Morgan fingerprint density at radius 3 is 2.56 bits per heavy atom. The van der Waals surface area contributed by atoms with Crippen LogP contribution in [0.4, 0.5) is 0 Å². The smallest absolute Gasteiger partial charge is 0.331 e. The third-order valence-electron chi connectivity index (χ3n) is 4.76. The molecule has 0 radical (unpaired) electrons. The topological polar surface area (TPSA) is 69.9 Å². The number of carbonyl (C=O) groups excluding carboxylic acids is 1. The van der Waals surface area contributed by atoms with Crippen LogP contribution in [0.2, 0.25) is 0 Å². The molecule has 0 spiro atoms. The molecule has 6 heteroatoms. The number of fused-ring (bicyclic) bond motifs is 1. The van der Waals surface area contributed by atoms with Crippen LogP contribution in [-0.4, -0.2) is 15.4 Å². The molecule has 0 N–H and O–H groups in total. The number of aryl methyl sites for hydroxylation is 1. The molecule has 0 aliphatic rings. The van der Waals surface area contributed by atoms with Crippen LogP contribution in [0.5, 0.6) is 5.75 Å². The van der Waals surface area contributed by atoms with Crippen LogP contribution < -0.4 is 10.3 Å². The van der Waals surface area contributed by atoms with Gasteiger partial charge in [0.1, 0.15) is 24.6 Å². The number of carbonyl (C=O) groups is 1. The zero-order valence-corrected chi connectivity index (χ0v) is 17.6. The first kappa shape index (κ1) is 21.1. The summed E-state index contributed by atoms with van der Waals surface area (Å²) in [4.78, 5) is 28.6. The van der Waals surface area contributed by atoms with E-state index in [0.29, 0.717) is 17.9 Å². The SMILES string of the molecule is Cc1ccc2nc(COC(=O)/C=C/c3ccc(OCc4ccccc4)cc3)cc(=O)n2c1. The van der Waals surface area contributed by atoms with E-state index in [-0.39, 0.29) is 12.2 Å². The fourth-order valence-electron chi connectivity index (χ4n) is 3.11. The monoisotopic (exact) mass is 426 g/mol. The van der Waals surface area contributed by atoms with E-state index in [1.54, 1.807) is 18.3 Å². The quantitative estimate of drug-likeness (QED) is 0.325. The molecule has 4 aromatic rings. The van der Waals surface area contributed by atoms with E-state index in [4.69, 9.17) is 9.47 Å². The van der Waals surface area contributed by atoms with Crippen molar-refractivity contribution in [2.45, 2.75) is 20.1 Å². The number of hydrogen-bond acceptors (Lipinski definition) is 5. The van der Waals surface area contributed by atoms with Crippen LogP contribution in [0.1, 0.15) is 22.4 Å². The molecule has 0 atom stereocenters. The van der Waals surface area contributed by atoms with Gasteiger partial charge in [0, 0.05) is 18.3 Å². The zero-order valence-electron chi connectivity index (χ0n) is 17.6. The van der Waals surface area contributed by atoms with Crippen molar-refractivity contribution in [2.24, 2.45) is 0 Å². The van der Waals surface area contributed by atoms with Gasteiger partial charge in [0.15, 0.2) is 0 Å². The summed E-state index contributed by atoms with van der Waals surface area (Å²) in [5, 5.41) is 0. The second-order valence-electron chi connectivity index (χ2n) is 7.30. The van der Waals surface area contributed by atoms with Crippen LogP contribution >= 0.6 is 0 Å². The lowest BCUT2D eigenvalue weighted by Gasteiger charge is -2.06. The Hall–Kier alpha value is -4.19. The minimum absolute atomic E-state index is 0.0744. The third-order valence-corrected chi connectivity index (χ3v) is 4.76. The number of rotatable bonds is 7. The van der Waals surface area contributed by atoms with Crippen LogP contribution in [0, 0.1) is 6.92 Å². The van der Waals surface area contributed by atoms with Crippen molar-refractivity contribution in [2.75, 3.05) is 0 Å². The molecule has 6 nitrogen and oxygen atoms in total. The molecule has 2 aromatic carbocycles. The van der Waals surface area contributed by atoms with Crippen LogP contribution in [0.25, 0.3) is 11.7 Å². The van der Waals surface area contributed by atoms with Crippen molar-refractivity contribution in [3.63, 3.8) is 0 Å². The average Bonchev–Trinajstić information content (AvgIpc) is 2.82. The molecular formula is C26H22N2O4. The van der Waals surface area contributed by atoms with Gasteiger partial charge in [-0.1, -0.05) is 48.5 Å². The molecule has 0 saturated carbocycles. The summed E-state index contributed by atoms with van der Waals surface area (Å²) in [5.74, 6) is 0.234. The van der Waals surface area contributed by atoms with Gasteiger partial charge in [0.25, 0.3) is 5.56 Å². The number of hydrogen-bond donors (Lipinski definition) is 0. The highest BCUT2D eigenvalue weighted by molar-refractivity contribution is 5.87. The lowest BCUT2D eigenvalue weighted by Crippen LogP contribution is -2.16. The summed E-state index contributed by atoms with van der Waals surface area (Å²) in [6.07, 6.45) is 4.73. The Labute approximate surface area is 185 Å². The number of esters is 1. The van der Waals surface area contributed by atoms with Gasteiger partial charge in [0.2, 0.25) is 0 Å². The zero-order chi connectivity index (χ0) is 22.3. The maximum Gasteiger partial charge on any atom is 0.331 e. The van der Waals surface area contributed by atoms with Gasteiger partial charge >= 0.3 is 5.97 Å². The van der Waals surface area contributed by atoms with Gasteiger partial charge in [-0.3, -0.25) is 9.20 Å². The van der Waals surface area contributed by atoms with Crippen molar-refractivity contribution >= 4 is 17.7 Å². The fraction of sp³-hybridized carbons (Fsp3) is 0.115. The first-order valence-electron chi connectivity index (χ1n) is 10.2. The highest BCUT2D eigenvalue weighted by atomic mass is 16.5. The molecular weight excluding hydrogens is 404 g/mol. The van der Waals surface area contributed by atoms with Crippen molar-refractivity contribution < 1.29 is 14.3 Å². The molecule has 0 fully saturated rings. The Bertz CT molecular complexity index is 1310. The lowest BCUT2D eigenvalue weighted by atomic mass is 10.2. The fourth-order valence-corrected chi connectivity index (χ4v) is 3.11. The first-order chi connectivity index (χ1) is 15.6. The Kier molecular flexibility index (Phi) is 6.41. The number of pyridine rings is 1. The van der Waals surface area contributed by atoms with E-state index < -0.39 is 5.97 Å². The molecule has 0 unspecified atom stereocenters.